The zero-order valence-electron chi connectivity index (χ0n) is 10.1. The van der Waals surface area contributed by atoms with Crippen LogP contribution in [0.5, 0.6) is 0 Å². The van der Waals surface area contributed by atoms with E-state index in [9.17, 15) is 0 Å². The van der Waals surface area contributed by atoms with Crippen molar-refractivity contribution < 1.29 is 0 Å². The van der Waals surface area contributed by atoms with Crippen LogP contribution in [0.4, 0.5) is 0 Å². The predicted molar refractivity (Wildman–Crippen MR) is 77.5 cm³/mol. The Bertz CT molecular complexity index is 751. The molecule has 0 saturated carbocycles. The molecule has 0 fully saturated rings. The molecule has 0 spiro atoms. The third-order valence-electron chi connectivity index (χ3n) is 2.96. The summed E-state index contributed by atoms with van der Waals surface area (Å²) in [5.41, 5.74) is 2.10. The Morgan fingerprint density at radius 1 is 0.789 bits per heavy atom. The van der Waals surface area contributed by atoms with Crippen LogP contribution in [0.25, 0.3) is 22.2 Å². The van der Waals surface area contributed by atoms with E-state index < -0.39 is 0 Å². The van der Waals surface area contributed by atoms with Crippen LogP contribution in [-0.4, -0.2) is 15.0 Å². The summed E-state index contributed by atoms with van der Waals surface area (Å²) in [5, 5.41) is 2.42. The first-order valence-corrected chi connectivity index (χ1v) is 6.46. The van der Waals surface area contributed by atoms with Crippen molar-refractivity contribution in [3.05, 3.63) is 52.5 Å². The summed E-state index contributed by atoms with van der Waals surface area (Å²) in [7, 11) is 0. The Morgan fingerprint density at radius 2 is 1.42 bits per heavy atom. The molecule has 2 aromatic carbocycles. The number of benzene rings is 2. The second-order valence-electron chi connectivity index (χ2n) is 4.17. The van der Waals surface area contributed by atoms with E-state index in [0.29, 0.717) is 5.82 Å². The lowest BCUT2D eigenvalue weighted by molar-refractivity contribution is 1.06. The average Bonchev–Trinajstić information content (AvgIpc) is 2.38. The van der Waals surface area contributed by atoms with Crippen LogP contribution in [0.15, 0.2) is 36.4 Å². The normalized spacial score (nSPS) is 10.9. The Hall–Kier alpha value is -1.71. The van der Waals surface area contributed by atoms with Gasteiger partial charge in [0.05, 0.1) is 0 Å². The molecule has 0 aliphatic carbocycles. The largest absolute Gasteiger partial charge is 0.227 e. The summed E-state index contributed by atoms with van der Waals surface area (Å²) in [6.07, 6.45) is 0. The Labute approximate surface area is 120 Å². The standard InChI is InChI=1S/C14H9Cl2N3/c1-8-6-7-11(10-5-3-2-4-9(8)10)12-17-13(15)19-14(16)18-12/h2-7H,1H3. The van der Waals surface area contributed by atoms with E-state index in [1.54, 1.807) is 0 Å². The number of halogens is 2. The molecule has 5 heteroatoms. The Kier molecular flexibility index (Phi) is 3.09. The molecule has 3 aromatic rings. The lowest BCUT2D eigenvalue weighted by Gasteiger charge is -2.08. The number of hydrogen-bond donors (Lipinski definition) is 0. The highest BCUT2D eigenvalue weighted by Gasteiger charge is 2.10. The van der Waals surface area contributed by atoms with Gasteiger partial charge in [-0.05, 0) is 46.5 Å². The van der Waals surface area contributed by atoms with Crippen LogP contribution in [0.3, 0.4) is 0 Å². The smallest absolute Gasteiger partial charge is 0.198 e. The first kappa shape index (κ1) is 12.3. The van der Waals surface area contributed by atoms with E-state index in [2.05, 4.69) is 27.9 Å². The quantitative estimate of drug-likeness (QED) is 0.670. The van der Waals surface area contributed by atoms with Crippen molar-refractivity contribution >= 4 is 34.0 Å². The molecule has 3 rings (SSSR count). The van der Waals surface area contributed by atoms with Gasteiger partial charge in [-0.25, -0.2) is 0 Å². The van der Waals surface area contributed by atoms with Gasteiger partial charge in [-0.1, -0.05) is 36.4 Å². The van der Waals surface area contributed by atoms with Gasteiger partial charge in [-0.15, -0.1) is 0 Å². The zero-order chi connectivity index (χ0) is 13.4. The van der Waals surface area contributed by atoms with Crippen molar-refractivity contribution in [2.24, 2.45) is 0 Å². The van der Waals surface area contributed by atoms with Crippen molar-refractivity contribution in [1.82, 2.24) is 15.0 Å². The summed E-state index contributed by atoms with van der Waals surface area (Å²) >= 11 is 11.7. The minimum Gasteiger partial charge on any atom is -0.198 e. The van der Waals surface area contributed by atoms with Crippen LogP contribution in [0.1, 0.15) is 5.56 Å². The fourth-order valence-corrected chi connectivity index (χ4v) is 2.45. The summed E-state index contributed by atoms with van der Waals surface area (Å²) < 4.78 is 0. The van der Waals surface area contributed by atoms with E-state index in [4.69, 9.17) is 23.2 Å². The molecule has 3 nitrogen and oxygen atoms in total. The highest BCUT2D eigenvalue weighted by Crippen LogP contribution is 2.29. The monoisotopic (exact) mass is 289 g/mol. The fraction of sp³-hybridized carbons (Fsp3) is 0.0714. The zero-order valence-corrected chi connectivity index (χ0v) is 11.6. The van der Waals surface area contributed by atoms with Gasteiger partial charge in [0.2, 0.25) is 10.6 Å². The summed E-state index contributed by atoms with van der Waals surface area (Å²) in [6.45, 7) is 2.07. The molecule has 1 heterocycles. The second kappa shape index (κ2) is 4.76. The summed E-state index contributed by atoms with van der Waals surface area (Å²) in [5.74, 6) is 0.487. The third-order valence-corrected chi connectivity index (χ3v) is 3.30. The number of nitrogens with zero attached hydrogens (tertiary/aromatic N) is 3. The lowest BCUT2D eigenvalue weighted by atomic mass is 10.00. The van der Waals surface area contributed by atoms with Crippen LogP contribution < -0.4 is 0 Å². The highest BCUT2D eigenvalue weighted by atomic mass is 35.5. The maximum Gasteiger partial charge on any atom is 0.227 e. The molecule has 0 radical (unpaired) electrons. The molecule has 19 heavy (non-hydrogen) atoms. The molecule has 0 amide bonds. The summed E-state index contributed by atoms with van der Waals surface area (Å²) in [4.78, 5) is 12.1. The molecule has 0 saturated heterocycles. The van der Waals surface area contributed by atoms with Gasteiger partial charge in [-0.3, -0.25) is 0 Å². The fourth-order valence-electron chi connectivity index (χ4n) is 2.09. The minimum absolute atomic E-state index is 0.0969. The number of aromatic nitrogens is 3. The van der Waals surface area contributed by atoms with Crippen LogP contribution in [-0.2, 0) is 0 Å². The lowest BCUT2D eigenvalue weighted by Crippen LogP contribution is -1.95. The molecular formula is C14H9Cl2N3. The van der Waals surface area contributed by atoms with E-state index >= 15 is 0 Å². The van der Waals surface area contributed by atoms with Gasteiger partial charge in [0.25, 0.3) is 0 Å². The first-order valence-electron chi connectivity index (χ1n) is 5.71. The number of aryl methyl sites for hydroxylation is 1. The van der Waals surface area contributed by atoms with Gasteiger partial charge >= 0.3 is 0 Å². The van der Waals surface area contributed by atoms with Crippen molar-refractivity contribution in [3.8, 4) is 11.4 Å². The Morgan fingerprint density at radius 3 is 2.11 bits per heavy atom. The van der Waals surface area contributed by atoms with Crippen LogP contribution >= 0.6 is 23.2 Å². The van der Waals surface area contributed by atoms with Gasteiger partial charge in [0, 0.05) is 5.56 Å². The van der Waals surface area contributed by atoms with Crippen molar-refractivity contribution in [3.63, 3.8) is 0 Å². The molecule has 0 atom stereocenters. The topological polar surface area (TPSA) is 38.7 Å². The highest BCUT2D eigenvalue weighted by molar-refractivity contribution is 6.31. The molecular weight excluding hydrogens is 281 g/mol. The second-order valence-corrected chi connectivity index (χ2v) is 4.85. The average molecular weight is 290 g/mol. The summed E-state index contributed by atoms with van der Waals surface area (Å²) in [6, 6.07) is 12.1. The SMILES string of the molecule is Cc1ccc(-c2nc(Cl)nc(Cl)n2)c2ccccc12. The van der Waals surface area contributed by atoms with Gasteiger partial charge in [-0.2, -0.15) is 15.0 Å². The first-order chi connectivity index (χ1) is 9.15. The van der Waals surface area contributed by atoms with Crippen molar-refractivity contribution in [2.75, 3.05) is 0 Å². The third kappa shape index (κ3) is 2.27. The van der Waals surface area contributed by atoms with Gasteiger partial charge < -0.3 is 0 Å². The predicted octanol–water partition coefficient (Wildman–Crippen LogP) is 4.31. The minimum atomic E-state index is 0.0969. The van der Waals surface area contributed by atoms with Crippen molar-refractivity contribution in [1.29, 1.82) is 0 Å². The van der Waals surface area contributed by atoms with E-state index in [0.717, 1.165) is 16.3 Å². The van der Waals surface area contributed by atoms with Crippen LogP contribution in [0, 0.1) is 6.92 Å². The van der Waals surface area contributed by atoms with E-state index in [-0.39, 0.29) is 10.6 Å². The molecule has 94 valence electrons. The number of fused-ring (bicyclic) bond motifs is 1. The molecule has 0 aliphatic rings. The molecule has 1 aromatic heterocycles. The van der Waals surface area contributed by atoms with Gasteiger partial charge in [0.1, 0.15) is 0 Å². The number of rotatable bonds is 1. The van der Waals surface area contributed by atoms with E-state index in [1.165, 1.54) is 5.56 Å². The Balaban J connectivity index is 2.34. The molecule has 0 N–H and O–H groups in total. The molecule has 0 bridgehead atoms. The maximum absolute atomic E-state index is 5.84. The number of hydrogen-bond acceptors (Lipinski definition) is 3. The van der Waals surface area contributed by atoms with Gasteiger partial charge in [0.15, 0.2) is 5.82 Å². The van der Waals surface area contributed by atoms with E-state index in [1.807, 2.05) is 30.3 Å². The molecule has 0 unspecified atom stereocenters. The maximum atomic E-state index is 5.84. The van der Waals surface area contributed by atoms with Crippen molar-refractivity contribution in [2.45, 2.75) is 6.92 Å². The molecule has 0 aliphatic heterocycles. The van der Waals surface area contributed by atoms with Crippen LogP contribution in [0.2, 0.25) is 10.6 Å².